The van der Waals surface area contributed by atoms with Crippen molar-refractivity contribution in [3.8, 4) is 11.5 Å². The summed E-state index contributed by atoms with van der Waals surface area (Å²) in [5.41, 5.74) is 2.16. The Morgan fingerprint density at radius 2 is 1.62 bits per heavy atom. The second-order valence-electron chi connectivity index (χ2n) is 6.58. The Kier molecular flexibility index (Phi) is 5.20. The van der Waals surface area contributed by atoms with Crippen molar-refractivity contribution in [1.29, 1.82) is 0 Å². The van der Waals surface area contributed by atoms with E-state index >= 15 is 0 Å². The van der Waals surface area contributed by atoms with Gasteiger partial charge in [-0.15, -0.1) is 0 Å². The van der Waals surface area contributed by atoms with E-state index in [2.05, 4.69) is 4.98 Å². The fourth-order valence-corrected chi connectivity index (χ4v) is 3.14. The Balaban J connectivity index is 1.24. The first-order valence-corrected chi connectivity index (χ1v) is 9.24. The van der Waals surface area contributed by atoms with Crippen LogP contribution in [-0.4, -0.2) is 34.2 Å². The fraction of sp³-hybridized carbons (Fsp3) is 0.182. The van der Waals surface area contributed by atoms with Crippen LogP contribution in [0.25, 0.3) is 11.5 Å². The molecule has 1 aliphatic heterocycles. The molecule has 146 valence electrons. The lowest BCUT2D eigenvalue weighted by Gasteiger charge is -2.13. The minimum absolute atomic E-state index is 0.00217. The van der Waals surface area contributed by atoms with Gasteiger partial charge in [-0.25, -0.2) is 4.98 Å². The summed E-state index contributed by atoms with van der Waals surface area (Å²) in [4.78, 5) is 42.0. The zero-order valence-corrected chi connectivity index (χ0v) is 15.5. The van der Waals surface area contributed by atoms with Gasteiger partial charge in [0.05, 0.1) is 11.1 Å². The molecule has 2 heterocycles. The van der Waals surface area contributed by atoms with Crippen LogP contribution in [0, 0.1) is 0 Å². The van der Waals surface area contributed by atoms with Gasteiger partial charge in [-0.1, -0.05) is 30.3 Å². The molecule has 0 radical (unpaired) electrons. The molecule has 0 N–H and O–H groups in total. The third-order valence-corrected chi connectivity index (χ3v) is 4.59. The maximum Gasteiger partial charge on any atom is 0.306 e. The number of esters is 1. The van der Waals surface area contributed by atoms with Gasteiger partial charge in [0.2, 0.25) is 5.89 Å². The molecule has 7 nitrogen and oxygen atoms in total. The maximum absolute atomic E-state index is 12.3. The molecule has 1 aromatic heterocycles. The SMILES string of the molecule is O=C(CCCN1C(=O)c2ccccc2C1=O)OCc1coc(-c2ccccc2)n1. The summed E-state index contributed by atoms with van der Waals surface area (Å²) in [6, 6.07) is 16.1. The van der Waals surface area contributed by atoms with Crippen LogP contribution in [-0.2, 0) is 16.1 Å². The second kappa shape index (κ2) is 8.10. The Hall–Kier alpha value is -3.74. The molecule has 0 fully saturated rings. The van der Waals surface area contributed by atoms with Gasteiger partial charge in [-0.3, -0.25) is 19.3 Å². The van der Waals surface area contributed by atoms with Crippen LogP contribution >= 0.6 is 0 Å². The number of carbonyl (C=O) groups is 3. The predicted octanol–water partition coefficient (Wildman–Crippen LogP) is 3.46. The topological polar surface area (TPSA) is 89.7 Å². The van der Waals surface area contributed by atoms with Crippen LogP contribution in [0.1, 0.15) is 39.3 Å². The lowest BCUT2D eigenvalue weighted by Crippen LogP contribution is -2.31. The largest absolute Gasteiger partial charge is 0.459 e. The number of benzene rings is 2. The summed E-state index contributed by atoms with van der Waals surface area (Å²) in [6.45, 7) is 0.172. The van der Waals surface area contributed by atoms with Gasteiger partial charge in [0.1, 0.15) is 18.6 Å². The van der Waals surface area contributed by atoms with Crippen LogP contribution in [0.15, 0.2) is 65.3 Å². The van der Waals surface area contributed by atoms with E-state index in [4.69, 9.17) is 9.15 Å². The summed E-state index contributed by atoms with van der Waals surface area (Å²) in [5.74, 6) is -0.613. The number of hydrogen-bond donors (Lipinski definition) is 0. The predicted molar refractivity (Wildman–Crippen MR) is 103 cm³/mol. The number of carbonyl (C=O) groups excluding carboxylic acids is 3. The van der Waals surface area contributed by atoms with Gasteiger partial charge < -0.3 is 9.15 Å². The van der Waals surface area contributed by atoms with Crippen molar-refractivity contribution in [2.24, 2.45) is 0 Å². The van der Waals surface area contributed by atoms with Crippen molar-refractivity contribution >= 4 is 17.8 Å². The zero-order chi connectivity index (χ0) is 20.2. The average molecular weight is 390 g/mol. The van der Waals surface area contributed by atoms with Gasteiger partial charge in [0.25, 0.3) is 11.8 Å². The number of rotatable bonds is 7. The lowest BCUT2D eigenvalue weighted by atomic mass is 10.1. The molecule has 0 aliphatic carbocycles. The first-order valence-electron chi connectivity index (χ1n) is 9.24. The molecular formula is C22H18N2O5. The molecular weight excluding hydrogens is 372 g/mol. The standard InChI is InChI=1S/C22H18N2O5/c25-19(28-13-16-14-29-20(23-16)15-7-2-1-3-8-15)11-6-12-24-21(26)17-9-4-5-10-18(17)22(24)27/h1-5,7-10,14H,6,11-13H2. The van der Waals surface area contributed by atoms with E-state index in [9.17, 15) is 14.4 Å². The Morgan fingerprint density at radius 3 is 2.31 bits per heavy atom. The Bertz CT molecular complexity index is 1020. The van der Waals surface area contributed by atoms with Gasteiger partial charge in [-0.2, -0.15) is 0 Å². The number of oxazole rings is 1. The molecule has 4 rings (SSSR count). The van der Waals surface area contributed by atoms with Crippen molar-refractivity contribution in [1.82, 2.24) is 9.88 Å². The number of hydrogen-bond acceptors (Lipinski definition) is 6. The van der Waals surface area contributed by atoms with Crippen molar-refractivity contribution in [2.45, 2.75) is 19.4 Å². The summed E-state index contributed by atoms with van der Waals surface area (Å²) in [6.07, 6.45) is 1.88. The average Bonchev–Trinajstić information content (AvgIpc) is 3.32. The molecule has 0 unspecified atom stereocenters. The molecule has 2 amide bonds. The van der Waals surface area contributed by atoms with E-state index in [1.807, 2.05) is 30.3 Å². The lowest BCUT2D eigenvalue weighted by molar-refractivity contribution is -0.145. The van der Waals surface area contributed by atoms with Crippen molar-refractivity contribution in [3.05, 3.63) is 77.7 Å². The number of fused-ring (bicyclic) bond motifs is 1. The van der Waals surface area contributed by atoms with Crippen molar-refractivity contribution < 1.29 is 23.5 Å². The monoisotopic (exact) mass is 390 g/mol. The van der Waals surface area contributed by atoms with Crippen LogP contribution in [0.2, 0.25) is 0 Å². The van der Waals surface area contributed by atoms with E-state index in [1.165, 1.54) is 11.2 Å². The number of nitrogens with zero attached hydrogens (tertiary/aromatic N) is 2. The molecule has 3 aromatic rings. The summed E-state index contributed by atoms with van der Waals surface area (Å²) in [7, 11) is 0. The maximum atomic E-state index is 12.3. The van der Waals surface area contributed by atoms with Gasteiger partial charge in [0.15, 0.2) is 0 Å². The zero-order valence-electron chi connectivity index (χ0n) is 15.5. The Morgan fingerprint density at radius 1 is 0.966 bits per heavy atom. The molecule has 1 aliphatic rings. The summed E-state index contributed by atoms with van der Waals surface area (Å²) >= 11 is 0. The van der Waals surface area contributed by atoms with E-state index in [1.54, 1.807) is 24.3 Å². The number of aromatic nitrogens is 1. The first-order chi connectivity index (χ1) is 14.1. The van der Waals surface area contributed by atoms with Crippen molar-refractivity contribution in [3.63, 3.8) is 0 Å². The highest BCUT2D eigenvalue weighted by Crippen LogP contribution is 2.23. The van der Waals surface area contributed by atoms with Crippen molar-refractivity contribution in [2.75, 3.05) is 6.54 Å². The van der Waals surface area contributed by atoms with E-state index in [0.717, 1.165) is 5.56 Å². The third kappa shape index (κ3) is 3.94. The Labute approximate surface area is 166 Å². The minimum Gasteiger partial charge on any atom is -0.459 e. The van der Waals surface area contributed by atoms with E-state index in [0.29, 0.717) is 29.1 Å². The second-order valence-corrected chi connectivity index (χ2v) is 6.58. The summed E-state index contributed by atoms with van der Waals surface area (Å²) in [5, 5.41) is 0. The van der Waals surface area contributed by atoms with Gasteiger partial charge in [-0.05, 0) is 30.7 Å². The van der Waals surface area contributed by atoms with Crippen LogP contribution < -0.4 is 0 Å². The highest BCUT2D eigenvalue weighted by atomic mass is 16.5. The van der Waals surface area contributed by atoms with E-state index in [-0.39, 0.29) is 31.4 Å². The highest BCUT2D eigenvalue weighted by Gasteiger charge is 2.34. The van der Waals surface area contributed by atoms with E-state index < -0.39 is 5.97 Å². The minimum atomic E-state index is -0.425. The van der Waals surface area contributed by atoms with Crippen LogP contribution in [0.3, 0.4) is 0 Å². The molecule has 0 atom stereocenters. The smallest absolute Gasteiger partial charge is 0.306 e. The molecule has 7 heteroatoms. The molecule has 0 saturated carbocycles. The molecule has 0 bridgehead atoms. The summed E-state index contributed by atoms with van der Waals surface area (Å²) < 4.78 is 10.6. The quantitative estimate of drug-likeness (QED) is 0.453. The van der Waals surface area contributed by atoms with Gasteiger partial charge in [0, 0.05) is 18.5 Å². The first kappa shape index (κ1) is 18.6. The number of imide groups is 1. The fourth-order valence-electron chi connectivity index (χ4n) is 3.14. The normalized spacial score (nSPS) is 12.9. The number of amides is 2. The highest BCUT2D eigenvalue weighted by molar-refractivity contribution is 6.21. The molecule has 0 spiro atoms. The molecule has 29 heavy (non-hydrogen) atoms. The van der Waals surface area contributed by atoms with Crippen LogP contribution in [0.4, 0.5) is 0 Å². The van der Waals surface area contributed by atoms with Gasteiger partial charge >= 0.3 is 5.97 Å². The number of ether oxygens (including phenoxy) is 1. The van der Waals surface area contributed by atoms with Crippen LogP contribution in [0.5, 0.6) is 0 Å². The molecule has 0 saturated heterocycles. The molecule has 2 aromatic carbocycles. The third-order valence-electron chi connectivity index (χ3n) is 4.59.